The summed E-state index contributed by atoms with van der Waals surface area (Å²) in [6, 6.07) is 4.04. The Kier molecular flexibility index (Phi) is 3.14. The van der Waals surface area contributed by atoms with Gasteiger partial charge in [-0.05, 0) is 18.9 Å². The molecule has 2 atom stereocenters. The first-order valence-corrected chi connectivity index (χ1v) is 6.56. The van der Waals surface area contributed by atoms with E-state index in [1.54, 1.807) is 6.07 Å². The van der Waals surface area contributed by atoms with Crippen molar-refractivity contribution in [2.75, 3.05) is 6.61 Å². The van der Waals surface area contributed by atoms with Crippen LogP contribution in [-0.4, -0.2) is 23.7 Å². The molecule has 1 aromatic rings. The lowest BCUT2D eigenvalue weighted by Gasteiger charge is -2.22. The second-order valence-electron chi connectivity index (χ2n) is 5.13. The van der Waals surface area contributed by atoms with E-state index < -0.39 is 18.0 Å². The Bertz CT molecular complexity index is 501. The Morgan fingerprint density at radius 1 is 1.37 bits per heavy atom. The molecule has 5 heteroatoms. The summed E-state index contributed by atoms with van der Waals surface area (Å²) in [7, 11) is 0. The van der Waals surface area contributed by atoms with E-state index in [1.807, 2.05) is 0 Å². The summed E-state index contributed by atoms with van der Waals surface area (Å²) in [5, 5.41) is 13.2. The van der Waals surface area contributed by atoms with Gasteiger partial charge in [0.1, 0.15) is 6.10 Å². The van der Waals surface area contributed by atoms with E-state index in [4.69, 9.17) is 4.74 Å². The fraction of sp³-hybridized carbons (Fsp3) is 0.500. The predicted molar refractivity (Wildman–Crippen MR) is 66.1 cm³/mol. The SMILES string of the molecule is O=C(NC1CCOc2c(F)cccc2C1O)C1CC1. The van der Waals surface area contributed by atoms with Crippen LogP contribution in [0.25, 0.3) is 0 Å². The maximum Gasteiger partial charge on any atom is 0.223 e. The summed E-state index contributed by atoms with van der Waals surface area (Å²) < 4.78 is 19.0. The largest absolute Gasteiger partial charge is 0.490 e. The highest BCUT2D eigenvalue weighted by Gasteiger charge is 2.35. The molecule has 1 aliphatic carbocycles. The molecule has 0 saturated heterocycles. The zero-order chi connectivity index (χ0) is 13.4. The van der Waals surface area contributed by atoms with Gasteiger partial charge in [0.15, 0.2) is 11.6 Å². The Hall–Kier alpha value is -1.62. The molecule has 2 aliphatic rings. The van der Waals surface area contributed by atoms with Gasteiger partial charge in [0.05, 0.1) is 12.6 Å². The van der Waals surface area contributed by atoms with E-state index in [-0.39, 0.29) is 24.2 Å². The topological polar surface area (TPSA) is 58.6 Å². The summed E-state index contributed by atoms with van der Waals surface area (Å²) in [5.74, 6) is -0.323. The van der Waals surface area contributed by atoms with Crippen LogP contribution in [0.4, 0.5) is 4.39 Å². The summed E-state index contributed by atoms with van der Waals surface area (Å²) in [5.41, 5.74) is 0.401. The van der Waals surface area contributed by atoms with Gasteiger partial charge < -0.3 is 15.2 Å². The van der Waals surface area contributed by atoms with E-state index in [0.717, 1.165) is 12.8 Å². The number of carbonyl (C=O) groups is 1. The molecule has 0 aromatic heterocycles. The maximum absolute atomic E-state index is 13.6. The predicted octanol–water partition coefficient (Wildman–Crippen LogP) is 1.54. The third-order valence-corrected chi connectivity index (χ3v) is 3.65. The van der Waals surface area contributed by atoms with Crippen LogP contribution in [0.1, 0.15) is 30.9 Å². The van der Waals surface area contributed by atoms with Crippen molar-refractivity contribution in [1.29, 1.82) is 0 Å². The van der Waals surface area contributed by atoms with Crippen LogP contribution in [0.15, 0.2) is 18.2 Å². The Balaban J connectivity index is 1.82. The van der Waals surface area contributed by atoms with Crippen molar-refractivity contribution in [3.8, 4) is 5.75 Å². The molecule has 1 fully saturated rings. The van der Waals surface area contributed by atoms with Gasteiger partial charge in [-0.2, -0.15) is 0 Å². The van der Waals surface area contributed by atoms with Crippen LogP contribution in [-0.2, 0) is 4.79 Å². The molecule has 1 aliphatic heterocycles. The Labute approximate surface area is 110 Å². The van der Waals surface area contributed by atoms with Crippen LogP contribution in [0.3, 0.4) is 0 Å². The first-order valence-electron chi connectivity index (χ1n) is 6.56. The molecule has 1 aromatic carbocycles. The lowest BCUT2D eigenvalue weighted by Crippen LogP contribution is -2.40. The summed E-state index contributed by atoms with van der Waals surface area (Å²) >= 11 is 0. The minimum atomic E-state index is -0.934. The molecule has 0 bridgehead atoms. The van der Waals surface area contributed by atoms with Crippen molar-refractivity contribution < 1.29 is 19.0 Å². The molecule has 1 saturated carbocycles. The van der Waals surface area contributed by atoms with Crippen molar-refractivity contribution in [3.63, 3.8) is 0 Å². The van der Waals surface area contributed by atoms with Crippen LogP contribution in [0.5, 0.6) is 5.75 Å². The average Bonchev–Trinajstić information content (AvgIpc) is 3.21. The zero-order valence-electron chi connectivity index (χ0n) is 10.4. The minimum Gasteiger partial charge on any atom is -0.490 e. The number of para-hydroxylation sites is 1. The van der Waals surface area contributed by atoms with Gasteiger partial charge in [-0.3, -0.25) is 4.79 Å². The van der Waals surface area contributed by atoms with Gasteiger partial charge in [0.2, 0.25) is 5.91 Å². The highest BCUT2D eigenvalue weighted by atomic mass is 19.1. The van der Waals surface area contributed by atoms with Crippen molar-refractivity contribution in [3.05, 3.63) is 29.6 Å². The molecular formula is C14H16FNO3. The number of rotatable bonds is 2. The van der Waals surface area contributed by atoms with Gasteiger partial charge in [0.25, 0.3) is 0 Å². The van der Waals surface area contributed by atoms with Gasteiger partial charge in [-0.1, -0.05) is 12.1 Å². The number of hydrogen-bond acceptors (Lipinski definition) is 3. The number of hydrogen-bond donors (Lipinski definition) is 2. The monoisotopic (exact) mass is 265 g/mol. The number of aliphatic hydroxyl groups excluding tert-OH is 1. The van der Waals surface area contributed by atoms with Crippen LogP contribution in [0.2, 0.25) is 0 Å². The molecule has 0 spiro atoms. The second-order valence-corrected chi connectivity index (χ2v) is 5.13. The highest BCUT2D eigenvalue weighted by Crippen LogP contribution is 2.35. The van der Waals surface area contributed by atoms with E-state index in [9.17, 15) is 14.3 Å². The smallest absolute Gasteiger partial charge is 0.223 e. The van der Waals surface area contributed by atoms with Gasteiger partial charge in [-0.25, -0.2) is 4.39 Å². The summed E-state index contributed by atoms with van der Waals surface area (Å²) in [6.45, 7) is 0.278. The van der Waals surface area contributed by atoms with E-state index >= 15 is 0 Å². The maximum atomic E-state index is 13.6. The standard InChI is InChI=1S/C14H16FNO3/c15-10-3-1-2-9-12(17)11(6-7-19-13(9)10)16-14(18)8-4-5-8/h1-3,8,11-12,17H,4-7H2,(H,16,18). The molecule has 1 amide bonds. The molecule has 102 valence electrons. The number of fused-ring (bicyclic) bond motifs is 1. The Morgan fingerprint density at radius 3 is 2.89 bits per heavy atom. The number of nitrogens with one attached hydrogen (secondary N) is 1. The molecule has 2 N–H and O–H groups in total. The normalized spacial score (nSPS) is 26.0. The highest BCUT2D eigenvalue weighted by molar-refractivity contribution is 5.81. The quantitative estimate of drug-likeness (QED) is 0.852. The number of benzene rings is 1. The Morgan fingerprint density at radius 2 is 2.16 bits per heavy atom. The third-order valence-electron chi connectivity index (χ3n) is 3.65. The summed E-state index contributed by atoms with van der Waals surface area (Å²) in [4.78, 5) is 11.8. The number of halogens is 1. The van der Waals surface area contributed by atoms with E-state index in [1.165, 1.54) is 12.1 Å². The second kappa shape index (κ2) is 4.81. The van der Waals surface area contributed by atoms with Crippen LogP contribution >= 0.6 is 0 Å². The van der Waals surface area contributed by atoms with Crippen LogP contribution < -0.4 is 10.1 Å². The van der Waals surface area contributed by atoms with Gasteiger partial charge >= 0.3 is 0 Å². The first-order chi connectivity index (χ1) is 9.16. The van der Waals surface area contributed by atoms with Crippen LogP contribution in [0, 0.1) is 11.7 Å². The molecule has 2 unspecified atom stereocenters. The number of aliphatic hydroxyl groups is 1. The molecule has 19 heavy (non-hydrogen) atoms. The van der Waals surface area contributed by atoms with Crippen molar-refractivity contribution >= 4 is 5.91 Å². The zero-order valence-corrected chi connectivity index (χ0v) is 10.4. The number of carbonyl (C=O) groups excluding carboxylic acids is 1. The minimum absolute atomic E-state index is 0.0242. The lowest BCUT2D eigenvalue weighted by molar-refractivity contribution is -0.124. The fourth-order valence-electron chi connectivity index (χ4n) is 2.37. The van der Waals surface area contributed by atoms with Gasteiger partial charge in [-0.15, -0.1) is 0 Å². The number of amides is 1. The molecule has 4 nitrogen and oxygen atoms in total. The average molecular weight is 265 g/mol. The van der Waals surface area contributed by atoms with Crippen molar-refractivity contribution in [2.45, 2.75) is 31.4 Å². The molecule has 1 heterocycles. The van der Waals surface area contributed by atoms with E-state index in [2.05, 4.69) is 5.32 Å². The van der Waals surface area contributed by atoms with Crippen molar-refractivity contribution in [2.24, 2.45) is 5.92 Å². The number of ether oxygens (including phenoxy) is 1. The third kappa shape index (κ3) is 2.42. The first kappa shape index (κ1) is 12.4. The molecule has 0 radical (unpaired) electrons. The molecular weight excluding hydrogens is 249 g/mol. The van der Waals surface area contributed by atoms with Gasteiger partial charge in [0, 0.05) is 17.9 Å². The lowest BCUT2D eigenvalue weighted by atomic mass is 10.00. The van der Waals surface area contributed by atoms with E-state index in [0.29, 0.717) is 12.0 Å². The molecule has 3 rings (SSSR count). The fourth-order valence-corrected chi connectivity index (χ4v) is 2.37. The van der Waals surface area contributed by atoms with Crippen molar-refractivity contribution in [1.82, 2.24) is 5.32 Å². The summed E-state index contributed by atoms with van der Waals surface area (Å²) in [6.07, 6.45) is 1.36.